The summed E-state index contributed by atoms with van der Waals surface area (Å²) in [5.74, 6) is 0.848. The van der Waals surface area contributed by atoms with Crippen LogP contribution >= 0.6 is 8.35 Å². The number of nitrogens with zero attached hydrogens (tertiary/aromatic N) is 1. The third kappa shape index (κ3) is 1.08. The third-order valence-electron chi connectivity index (χ3n) is 2.21. The lowest BCUT2D eigenvalue weighted by Crippen LogP contribution is -1.85. The molecule has 0 atom stereocenters. The molecule has 0 amide bonds. The molecular formula is C7H11N2P. The molecule has 10 heavy (non-hydrogen) atoms. The Morgan fingerprint density at radius 2 is 2.30 bits per heavy atom. The van der Waals surface area contributed by atoms with Gasteiger partial charge in [-0.3, -0.25) is 5.10 Å². The fourth-order valence-corrected chi connectivity index (χ4v) is 2.40. The Hall–Kier alpha value is -0.360. The molecule has 1 aromatic rings. The fraction of sp³-hybridized carbons (Fsp3) is 0.714. The van der Waals surface area contributed by atoms with E-state index in [1.165, 1.54) is 31.0 Å². The highest BCUT2D eigenvalue weighted by Crippen LogP contribution is 2.36. The molecule has 1 fully saturated rings. The fourth-order valence-electron chi connectivity index (χ4n) is 1.63. The van der Waals surface area contributed by atoms with E-state index in [0.29, 0.717) is 0 Å². The van der Waals surface area contributed by atoms with E-state index in [1.807, 2.05) is 0 Å². The topological polar surface area (TPSA) is 28.7 Å². The van der Waals surface area contributed by atoms with Gasteiger partial charge >= 0.3 is 0 Å². The van der Waals surface area contributed by atoms with Gasteiger partial charge in [0.1, 0.15) is 0 Å². The van der Waals surface area contributed by atoms with Crippen LogP contribution in [0.4, 0.5) is 0 Å². The van der Waals surface area contributed by atoms with E-state index in [4.69, 9.17) is 0 Å². The van der Waals surface area contributed by atoms with E-state index in [1.54, 1.807) is 0 Å². The van der Waals surface area contributed by atoms with Crippen molar-refractivity contribution in [3.8, 4) is 0 Å². The molecule has 0 aliphatic heterocycles. The van der Waals surface area contributed by atoms with Crippen molar-refractivity contribution in [3.05, 3.63) is 11.5 Å². The highest BCUT2D eigenvalue weighted by Gasteiger charge is 2.17. The zero-order valence-electron chi connectivity index (χ0n) is 5.88. The monoisotopic (exact) mass is 154 g/mol. The second-order valence-electron chi connectivity index (χ2n) is 2.88. The van der Waals surface area contributed by atoms with Crippen LogP contribution in [0.15, 0.2) is 6.20 Å². The van der Waals surface area contributed by atoms with Crippen molar-refractivity contribution in [3.63, 3.8) is 0 Å². The highest BCUT2D eigenvalue weighted by atomic mass is 31.0. The maximum Gasteiger partial charge on any atom is 0.0660 e. The Morgan fingerprint density at radius 3 is 2.90 bits per heavy atom. The molecule has 2 nitrogen and oxygen atoms in total. The van der Waals surface area contributed by atoms with Crippen LogP contribution < -0.4 is 0 Å². The predicted octanol–water partition coefficient (Wildman–Crippen LogP) is 2.65. The molecule has 0 saturated heterocycles. The van der Waals surface area contributed by atoms with Crippen molar-refractivity contribution < 1.29 is 0 Å². The molecule has 2 rings (SSSR count). The van der Waals surface area contributed by atoms with E-state index in [-0.39, 0.29) is 0 Å². The first kappa shape index (κ1) is 6.36. The first-order valence-electron chi connectivity index (χ1n) is 3.83. The summed E-state index contributed by atoms with van der Waals surface area (Å²) >= 11 is 0. The lowest BCUT2D eigenvalue weighted by atomic mass is 10.1. The molecule has 0 unspecified atom stereocenters. The van der Waals surface area contributed by atoms with Crippen LogP contribution in [0.5, 0.6) is 0 Å². The highest BCUT2D eigenvalue weighted by molar-refractivity contribution is 7.26. The smallest absolute Gasteiger partial charge is 0.0660 e. The Kier molecular flexibility index (Phi) is 1.72. The molecule has 1 heterocycles. The van der Waals surface area contributed by atoms with Crippen LogP contribution in [0, 0.1) is 0 Å². The first-order valence-corrected chi connectivity index (χ1v) is 4.68. The van der Waals surface area contributed by atoms with E-state index >= 15 is 0 Å². The molecule has 0 aromatic carbocycles. The molecular weight excluding hydrogens is 143 g/mol. The maximum absolute atomic E-state index is 4.04. The van der Waals surface area contributed by atoms with Crippen LogP contribution in [0.25, 0.3) is 0 Å². The Balaban J connectivity index is 2.12. The van der Waals surface area contributed by atoms with Crippen LogP contribution in [0.1, 0.15) is 36.9 Å². The van der Waals surface area contributed by atoms with Gasteiger partial charge in [0, 0.05) is 11.5 Å². The van der Waals surface area contributed by atoms with E-state index in [9.17, 15) is 0 Å². The summed E-state index contributed by atoms with van der Waals surface area (Å²) in [4.78, 5) is 4.04. The zero-order valence-corrected chi connectivity index (χ0v) is 6.77. The van der Waals surface area contributed by atoms with E-state index in [0.717, 1.165) is 14.3 Å². The van der Waals surface area contributed by atoms with Gasteiger partial charge < -0.3 is 0 Å². The van der Waals surface area contributed by atoms with E-state index in [2.05, 4.69) is 16.2 Å². The Morgan fingerprint density at radius 1 is 1.50 bits per heavy atom. The van der Waals surface area contributed by atoms with Crippen molar-refractivity contribution in [1.82, 2.24) is 9.96 Å². The van der Waals surface area contributed by atoms with Crippen molar-refractivity contribution in [2.24, 2.45) is 0 Å². The largest absolute Gasteiger partial charge is 0.281 e. The first-order chi connectivity index (χ1) is 4.97. The van der Waals surface area contributed by atoms with Gasteiger partial charge in [-0.15, -0.1) is 0 Å². The van der Waals surface area contributed by atoms with Crippen LogP contribution in [0.2, 0.25) is 0 Å². The Bertz CT molecular complexity index is 189. The van der Waals surface area contributed by atoms with Crippen LogP contribution in [-0.2, 0) is 0 Å². The molecule has 3 heteroatoms. The molecule has 1 aromatic heterocycles. The number of nitrogens with one attached hydrogen (secondary N) is 1. The summed E-state index contributed by atoms with van der Waals surface area (Å²) in [6.45, 7) is 0. The van der Waals surface area contributed by atoms with Gasteiger partial charge in [-0.2, -0.15) is 4.86 Å². The molecule has 1 aliphatic rings. The molecule has 0 bridgehead atoms. The van der Waals surface area contributed by atoms with Crippen LogP contribution in [-0.4, -0.2) is 9.96 Å². The quantitative estimate of drug-likeness (QED) is 0.661. The summed E-state index contributed by atoms with van der Waals surface area (Å²) in [5.41, 5.74) is 0. The number of hydrogen-bond donors (Lipinski definition) is 1. The second-order valence-corrected chi connectivity index (χ2v) is 3.80. The average Bonchev–Trinajstić information content (AvgIpc) is 2.59. The summed E-state index contributed by atoms with van der Waals surface area (Å²) in [7, 11) is 1.16. The molecule has 1 aliphatic carbocycles. The second kappa shape index (κ2) is 2.71. The van der Waals surface area contributed by atoms with Gasteiger partial charge in [-0.05, 0) is 18.8 Å². The van der Waals surface area contributed by atoms with Crippen molar-refractivity contribution in [2.75, 3.05) is 0 Å². The van der Waals surface area contributed by atoms with Gasteiger partial charge in [-0.1, -0.05) is 12.8 Å². The lowest BCUT2D eigenvalue weighted by molar-refractivity contribution is 0.736. The predicted molar refractivity (Wildman–Crippen MR) is 42.3 cm³/mol. The van der Waals surface area contributed by atoms with Crippen molar-refractivity contribution in [2.45, 2.75) is 31.6 Å². The SMILES string of the molecule is c1[nH]npc1C1CCCC1. The number of aromatic nitrogens is 2. The van der Waals surface area contributed by atoms with Crippen LogP contribution in [0.3, 0.4) is 0 Å². The summed E-state index contributed by atoms with van der Waals surface area (Å²) < 4.78 is 0. The third-order valence-corrected chi connectivity index (χ3v) is 3.15. The molecule has 54 valence electrons. The van der Waals surface area contributed by atoms with Gasteiger partial charge in [-0.25, -0.2) is 0 Å². The standard InChI is InChI=1S/C7H11N2P/c1-2-4-6(3-1)7-5-8-9-10-7/h5-6H,1-4H2,(H,8,9). The van der Waals surface area contributed by atoms with E-state index < -0.39 is 0 Å². The average molecular weight is 154 g/mol. The lowest BCUT2D eigenvalue weighted by Gasteiger charge is -2.01. The molecule has 1 saturated carbocycles. The normalized spacial score (nSPS) is 20.8. The minimum Gasteiger partial charge on any atom is -0.281 e. The molecule has 1 N–H and O–H groups in total. The van der Waals surface area contributed by atoms with Gasteiger partial charge in [0.15, 0.2) is 0 Å². The molecule has 0 spiro atoms. The number of hydrogen-bond acceptors (Lipinski definition) is 1. The van der Waals surface area contributed by atoms with Gasteiger partial charge in [0.25, 0.3) is 0 Å². The van der Waals surface area contributed by atoms with Crippen molar-refractivity contribution >= 4 is 8.35 Å². The van der Waals surface area contributed by atoms with Gasteiger partial charge in [0.05, 0.1) is 8.35 Å². The number of rotatable bonds is 1. The summed E-state index contributed by atoms with van der Waals surface area (Å²) in [6.07, 6.45) is 7.67. The van der Waals surface area contributed by atoms with Crippen molar-refractivity contribution in [1.29, 1.82) is 0 Å². The summed E-state index contributed by atoms with van der Waals surface area (Å²) in [6, 6.07) is 0. The number of H-pyrrole nitrogens is 1. The molecule has 0 radical (unpaired) electrons. The maximum atomic E-state index is 4.04. The van der Waals surface area contributed by atoms with Gasteiger partial charge in [0.2, 0.25) is 0 Å². The minimum absolute atomic E-state index is 0.848. The summed E-state index contributed by atoms with van der Waals surface area (Å²) in [5, 5.41) is 4.40. The zero-order chi connectivity index (χ0) is 6.81. The minimum atomic E-state index is 0.848. The number of aromatic amines is 1. The Labute approximate surface area is 62.2 Å².